The van der Waals surface area contributed by atoms with Gasteiger partial charge in [0.1, 0.15) is 25.3 Å². The Bertz CT molecular complexity index is 2010. The molecule has 51 heavy (non-hydrogen) atoms. The number of carbonyl (C=O) groups excluding carboxylic acids is 2. The fourth-order valence-corrected chi connectivity index (χ4v) is 8.09. The van der Waals surface area contributed by atoms with E-state index in [1.165, 1.54) is 30.5 Å². The lowest BCUT2D eigenvalue weighted by Crippen LogP contribution is -2.62. The molecule has 0 bridgehead atoms. The predicted octanol–water partition coefficient (Wildman–Crippen LogP) is 3.32. The minimum Gasteiger partial charge on any atom is -0.504 e. The summed E-state index contributed by atoms with van der Waals surface area (Å²) in [6.45, 7) is 4.64. The van der Waals surface area contributed by atoms with Crippen molar-refractivity contribution >= 4 is 63.8 Å². The number of aliphatic carboxylic acids is 2. The van der Waals surface area contributed by atoms with Gasteiger partial charge in [-0.05, 0) is 37.1 Å². The van der Waals surface area contributed by atoms with Gasteiger partial charge in [0.05, 0.1) is 18.3 Å². The number of nitrogen functional groups attached to an aromatic ring is 1. The Morgan fingerprint density at radius 2 is 1.75 bits per heavy atom. The zero-order valence-electron chi connectivity index (χ0n) is 27.8. The number of Topliss-reactive ketones (excluding diaryl/α,β-unsaturated/α-hetero) is 1. The summed E-state index contributed by atoms with van der Waals surface area (Å²) >= 11 is 2.13. The van der Waals surface area contributed by atoms with Gasteiger partial charge in [0, 0.05) is 40.4 Å². The van der Waals surface area contributed by atoms with Crippen molar-refractivity contribution in [2.24, 2.45) is 11.1 Å². The highest BCUT2D eigenvalue weighted by Crippen LogP contribution is 2.46. The molecule has 4 heterocycles. The van der Waals surface area contributed by atoms with Crippen molar-refractivity contribution in [3.05, 3.63) is 81.8 Å². The average molecular weight is 736 g/mol. The molecule has 2 aromatic carbocycles. The lowest BCUT2D eigenvalue weighted by Gasteiger charge is -2.49. The molecular formula is C34H35N6O9S2+. The first-order chi connectivity index (χ1) is 24.0. The van der Waals surface area contributed by atoms with Crippen molar-refractivity contribution in [2.75, 3.05) is 18.5 Å². The van der Waals surface area contributed by atoms with Crippen LogP contribution in [0.4, 0.5) is 5.13 Å². The van der Waals surface area contributed by atoms with Crippen LogP contribution in [0.5, 0.6) is 11.5 Å². The maximum absolute atomic E-state index is 13.4. The van der Waals surface area contributed by atoms with Crippen LogP contribution in [0.1, 0.15) is 48.3 Å². The Morgan fingerprint density at radius 3 is 2.31 bits per heavy atom. The number of hydrogen-bond acceptors (Lipinski definition) is 13. The number of amides is 1. The molecular weight excluding hydrogens is 701 g/mol. The summed E-state index contributed by atoms with van der Waals surface area (Å²) in [5.41, 5.74) is 7.72. The second-order valence-electron chi connectivity index (χ2n) is 13.4. The van der Waals surface area contributed by atoms with E-state index in [1.54, 1.807) is 24.3 Å². The highest BCUT2D eigenvalue weighted by molar-refractivity contribution is 8.00. The van der Waals surface area contributed by atoms with Crippen LogP contribution in [0.25, 0.3) is 6.08 Å². The number of aromatic nitrogens is 2. The molecule has 0 aliphatic carbocycles. The number of carboxylic acids is 2. The van der Waals surface area contributed by atoms with E-state index < -0.39 is 46.2 Å². The molecule has 3 aliphatic rings. The van der Waals surface area contributed by atoms with Crippen LogP contribution < -0.4 is 5.73 Å². The third-order valence-corrected chi connectivity index (χ3v) is 10.8. The van der Waals surface area contributed by atoms with Crippen molar-refractivity contribution in [1.29, 1.82) is 0 Å². The third kappa shape index (κ3) is 7.17. The average Bonchev–Trinajstić information content (AvgIpc) is 3.64. The number of phenols is 2. The lowest BCUT2D eigenvalue weighted by molar-refractivity contribution is -0.941. The lowest BCUT2D eigenvalue weighted by atomic mass is 9.89. The van der Waals surface area contributed by atoms with E-state index >= 15 is 0 Å². The monoisotopic (exact) mass is 735 g/mol. The van der Waals surface area contributed by atoms with Crippen LogP contribution in [0.2, 0.25) is 0 Å². The van der Waals surface area contributed by atoms with Gasteiger partial charge >= 0.3 is 11.9 Å². The maximum Gasteiger partial charge on any atom is 0.352 e. The highest BCUT2D eigenvalue weighted by atomic mass is 32.2. The molecule has 1 saturated heterocycles. The molecule has 266 valence electrons. The van der Waals surface area contributed by atoms with Gasteiger partial charge in [-0.1, -0.05) is 41.6 Å². The number of phenolic OH excluding ortho intramolecular Hbond substituents is 2. The molecule has 0 spiro atoms. The van der Waals surface area contributed by atoms with Crippen molar-refractivity contribution in [1.82, 2.24) is 14.3 Å². The molecule has 2 atom stereocenters. The number of hydrogen-bond donors (Lipinski definition) is 5. The number of thioether (sulfide) groups is 1. The standard InChI is InChI=1S/C34H34N6O9S2/c1-34(2,32(47)48)49-37-26(28-36-33(35)51-38-28)25(43)12-22-29(44)39-27(31(45)46)19(16-50-30(22)39)9-8-17-4-6-18(7-5-17)13-40(3)14-20-10-23(41)24(42)11-21(20)15-40/h4-11,22,30H,12-16H2,1-3H3,(H5-,35,36,37,38,41,42,43,45,46,47,48)/p+1/b9-8+/t22-,30-/m1/s1. The summed E-state index contributed by atoms with van der Waals surface area (Å²) < 4.78 is 4.66. The molecule has 1 fully saturated rings. The Balaban J connectivity index is 1.13. The number of fused-ring (bicyclic) bond motifs is 2. The molecule has 6 rings (SSSR count). The summed E-state index contributed by atoms with van der Waals surface area (Å²) in [6.07, 6.45) is 3.11. The van der Waals surface area contributed by atoms with Crippen molar-refractivity contribution < 1.29 is 48.9 Å². The normalized spacial score (nSPS) is 19.9. The predicted molar refractivity (Wildman–Crippen MR) is 187 cm³/mol. The van der Waals surface area contributed by atoms with Gasteiger partial charge in [-0.25, -0.2) is 9.59 Å². The number of allylic oxidation sites excluding steroid dienone is 1. The number of aromatic hydroxyl groups is 2. The quantitative estimate of drug-likeness (QED) is 0.0592. The fourth-order valence-electron chi connectivity index (χ4n) is 6.27. The van der Waals surface area contributed by atoms with Crippen LogP contribution in [0, 0.1) is 5.92 Å². The Kier molecular flexibility index (Phi) is 9.39. The zero-order valence-corrected chi connectivity index (χ0v) is 29.4. The topological polar surface area (TPSA) is 226 Å². The number of β-lactam (4-membered cyclic amide) rings is 1. The maximum atomic E-state index is 13.4. The number of ketones is 1. The van der Waals surface area contributed by atoms with E-state index in [-0.39, 0.29) is 40.3 Å². The molecule has 0 radical (unpaired) electrons. The van der Waals surface area contributed by atoms with Gasteiger partial charge < -0.3 is 35.5 Å². The fraction of sp³-hybridized carbons (Fsp3) is 0.324. The largest absolute Gasteiger partial charge is 0.504 e. The van der Waals surface area contributed by atoms with Crippen molar-refractivity contribution in [3.8, 4) is 11.5 Å². The number of nitrogens with two attached hydrogens (primary N) is 1. The Morgan fingerprint density at radius 1 is 1.10 bits per heavy atom. The van der Waals surface area contributed by atoms with Crippen LogP contribution in [-0.4, -0.2) is 92.3 Å². The molecule has 15 nitrogen and oxygen atoms in total. The van der Waals surface area contributed by atoms with Crippen LogP contribution in [0.15, 0.2) is 58.9 Å². The van der Waals surface area contributed by atoms with E-state index in [2.05, 4.69) is 21.6 Å². The number of benzene rings is 2. The Hall–Kier alpha value is -5.26. The number of quaternary nitrogens is 1. The smallest absolute Gasteiger partial charge is 0.352 e. The number of carboxylic acid groups (broad SMARTS) is 2. The molecule has 3 aliphatic heterocycles. The number of nitrogens with zero attached hydrogens (tertiary/aromatic N) is 5. The third-order valence-electron chi connectivity index (χ3n) is 8.94. The van der Waals surface area contributed by atoms with Gasteiger partial charge in [0.2, 0.25) is 17.3 Å². The van der Waals surface area contributed by atoms with E-state index in [9.17, 15) is 39.6 Å². The SMILES string of the molecule is CC(C)(O/N=C(\C(=O)C[C@@H]1C(=O)N2C(C(=O)O)=C(/C=C/c3ccc(C[N+]4(C)Cc5cc(O)c(O)cc5C4)cc3)CS[C@H]12)c1nsc(N)n1)C(=O)O. The summed E-state index contributed by atoms with van der Waals surface area (Å²) in [6, 6.07) is 11.1. The minimum atomic E-state index is -1.78. The first-order valence-electron chi connectivity index (χ1n) is 15.7. The van der Waals surface area contributed by atoms with Crippen molar-refractivity contribution in [3.63, 3.8) is 0 Å². The molecule has 3 aromatic rings. The second kappa shape index (κ2) is 13.5. The number of anilines is 1. The zero-order chi connectivity index (χ0) is 36.8. The number of carbonyl (C=O) groups is 4. The first kappa shape index (κ1) is 35.6. The van der Waals surface area contributed by atoms with Crippen LogP contribution >= 0.6 is 23.3 Å². The van der Waals surface area contributed by atoms with E-state index in [0.717, 1.165) is 40.3 Å². The summed E-state index contributed by atoms with van der Waals surface area (Å²) in [5, 5.41) is 42.5. The van der Waals surface area contributed by atoms with E-state index in [1.807, 2.05) is 24.3 Å². The molecule has 1 aromatic heterocycles. The second-order valence-corrected chi connectivity index (χ2v) is 15.3. The van der Waals surface area contributed by atoms with Gasteiger partial charge in [-0.3, -0.25) is 14.5 Å². The summed E-state index contributed by atoms with van der Waals surface area (Å²) in [7, 11) is 2.12. The first-order valence-corrected chi connectivity index (χ1v) is 17.6. The molecule has 17 heteroatoms. The highest BCUT2D eigenvalue weighted by Gasteiger charge is 2.54. The summed E-state index contributed by atoms with van der Waals surface area (Å²) in [4.78, 5) is 61.0. The molecule has 1 amide bonds. The van der Waals surface area contributed by atoms with Gasteiger partial charge in [0.25, 0.3) is 0 Å². The number of oxime groups is 1. The minimum absolute atomic E-state index is 0.0404. The van der Waals surface area contributed by atoms with E-state index in [0.29, 0.717) is 23.1 Å². The Labute approximate surface area is 300 Å². The van der Waals surface area contributed by atoms with Crippen molar-refractivity contribution in [2.45, 2.75) is 50.9 Å². The summed E-state index contributed by atoms with van der Waals surface area (Å²) in [5.74, 6) is -4.84. The van der Waals surface area contributed by atoms with Crippen LogP contribution in [-0.2, 0) is 43.7 Å². The molecule has 0 unspecified atom stereocenters. The molecule has 0 saturated carbocycles. The van der Waals surface area contributed by atoms with Gasteiger partial charge in [-0.2, -0.15) is 9.36 Å². The van der Waals surface area contributed by atoms with E-state index in [4.69, 9.17) is 10.6 Å². The van der Waals surface area contributed by atoms with Crippen LogP contribution in [0.3, 0.4) is 0 Å². The molecule has 6 N–H and O–H groups in total. The van der Waals surface area contributed by atoms with Gasteiger partial charge in [-0.15, -0.1) is 11.8 Å². The number of rotatable bonds is 12. The van der Waals surface area contributed by atoms with Gasteiger partial charge in [0.15, 0.2) is 28.1 Å².